The molecule has 116 valence electrons. The molecule has 5 heteroatoms. The van der Waals surface area contributed by atoms with Gasteiger partial charge in [0.1, 0.15) is 0 Å². The molecule has 1 aliphatic rings. The first kappa shape index (κ1) is 15.1. The predicted octanol–water partition coefficient (Wildman–Crippen LogP) is 2.07. The number of pyridine rings is 1. The molecule has 1 atom stereocenters. The maximum absolute atomic E-state index is 12.7. The summed E-state index contributed by atoms with van der Waals surface area (Å²) in [4.78, 5) is 30.5. The molecule has 0 saturated carbocycles. The molecule has 0 bridgehead atoms. The molecule has 2 aromatic rings. The number of nitrogens with zero attached hydrogens (tertiary/aromatic N) is 2. The number of hydrogen-bond donors (Lipinski definition) is 1. The monoisotopic (exact) mass is 308 g/mol. The molecular formula is C18H16N2O3. The second kappa shape index (κ2) is 5.78. The molecule has 0 saturated heterocycles. The third-order valence-electron chi connectivity index (χ3n) is 3.97. The van der Waals surface area contributed by atoms with E-state index in [2.05, 4.69) is 11.6 Å². The maximum Gasteiger partial charge on any atom is 0.264 e. The van der Waals surface area contributed by atoms with E-state index < -0.39 is 11.5 Å². The van der Waals surface area contributed by atoms with Crippen LogP contribution in [0.15, 0.2) is 61.4 Å². The van der Waals surface area contributed by atoms with Gasteiger partial charge in [0.05, 0.1) is 12.1 Å². The maximum atomic E-state index is 12.7. The summed E-state index contributed by atoms with van der Waals surface area (Å²) < 4.78 is 0. The summed E-state index contributed by atoms with van der Waals surface area (Å²) in [7, 11) is 0. The van der Waals surface area contributed by atoms with Crippen LogP contribution in [0.3, 0.4) is 0 Å². The van der Waals surface area contributed by atoms with Crippen LogP contribution in [0.2, 0.25) is 0 Å². The predicted molar refractivity (Wildman–Crippen MR) is 86.1 cm³/mol. The lowest BCUT2D eigenvalue weighted by Crippen LogP contribution is -2.41. The quantitative estimate of drug-likeness (QED) is 0.678. The van der Waals surface area contributed by atoms with Crippen LogP contribution >= 0.6 is 0 Å². The van der Waals surface area contributed by atoms with E-state index in [9.17, 15) is 14.7 Å². The number of anilines is 1. The first-order chi connectivity index (χ1) is 11.1. The van der Waals surface area contributed by atoms with Crippen molar-refractivity contribution >= 4 is 17.4 Å². The number of benzene rings is 1. The van der Waals surface area contributed by atoms with E-state index in [0.29, 0.717) is 16.8 Å². The number of fused-ring (bicyclic) bond motifs is 1. The van der Waals surface area contributed by atoms with E-state index in [1.54, 1.807) is 42.5 Å². The molecule has 2 heterocycles. The molecule has 3 rings (SSSR count). The molecule has 5 nitrogen and oxygen atoms in total. The van der Waals surface area contributed by atoms with Gasteiger partial charge in [-0.2, -0.15) is 0 Å². The Hall–Kier alpha value is -2.79. The van der Waals surface area contributed by atoms with Crippen molar-refractivity contribution in [3.63, 3.8) is 0 Å². The fraction of sp³-hybridized carbons (Fsp3) is 0.167. The molecule has 0 aliphatic carbocycles. The van der Waals surface area contributed by atoms with Crippen molar-refractivity contribution in [3.05, 3.63) is 72.6 Å². The second-order valence-corrected chi connectivity index (χ2v) is 5.42. The van der Waals surface area contributed by atoms with Crippen molar-refractivity contribution in [1.82, 2.24) is 4.98 Å². The van der Waals surface area contributed by atoms with Crippen molar-refractivity contribution in [2.75, 3.05) is 11.4 Å². The van der Waals surface area contributed by atoms with E-state index in [0.717, 1.165) is 0 Å². The molecule has 0 unspecified atom stereocenters. The number of hydrogen-bond acceptors (Lipinski definition) is 4. The zero-order valence-electron chi connectivity index (χ0n) is 12.5. The number of para-hydroxylation sites is 1. The van der Waals surface area contributed by atoms with Gasteiger partial charge in [-0.15, -0.1) is 6.58 Å². The number of carbonyl (C=O) groups excluding carboxylic acids is 2. The van der Waals surface area contributed by atoms with Crippen molar-refractivity contribution in [2.24, 2.45) is 0 Å². The summed E-state index contributed by atoms with van der Waals surface area (Å²) in [5.41, 5.74) is -0.363. The smallest absolute Gasteiger partial charge is 0.264 e. The van der Waals surface area contributed by atoms with Gasteiger partial charge >= 0.3 is 0 Å². The topological polar surface area (TPSA) is 70.5 Å². The van der Waals surface area contributed by atoms with Crippen LogP contribution in [-0.2, 0) is 10.4 Å². The normalized spacial score (nSPS) is 19.5. The largest absolute Gasteiger partial charge is 0.375 e. The minimum atomic E-state index is -1.85. The Kier molecular flexibility index (Phi) is 3.80. The number of Topliss-reactive ketones (excluding diaryl/α,β-unsaturated/α-hetero) is 1. The standard InChI is InChI=1S/C18H16N2O3/c1-2-11-20-15-6-4-3-5-14(15)18(23,17(20)22)12-16(21)13-7-9-19-10-8-13/h2-10,23H,1,11-12H2/t18-/m1/s1. The molecule has 23 heavy (non-hydrogen) atoms. The number of ketones is 1. The number of rotatable bonds is 5. The van der Waals surface area contributed by atoms with Gasteiger partial charge in [0.15, 0.2) is 11.4 Å². The van der Waals surface area contributed by atoms with Gasteiger partial charge in [0.25, 0.3) is 5.91 Å². The van der Waals surface area contributed by atoms with Gasteiger partial charge in [-0.3, -0.25) is 14.6 Å². The van der Waals surface area contributed by atoms with Crippen LogP contribution in [0.25, 0.3) is 0 Å². The summed E-state index contributed by atoms with van der Waals surface area (Å²) in [6, 6.07) is 10.1. The number of amides is 1. The fourth-order valence-corrected chi connectivity index (χ4v) is 2.86. The van der Waals surface area contributed by atoms with Gasteiger partial charge in [-0.1, -0.05) is 24.3 Å². The van der Waals surface area contributed by atoms with Crippen molar-refractivity contribution < 1.29 is 14.7 Å². The molecular weight excluding hydrogens is 292 g/mol. The summed E-state index contributed by atoms with van der Waals surface area (Å²) in [5.74, 6) is -0.806. The van der Waals surface area contributed by atoms with E-state index in [-0.39, 0.29) is 18.7 Å². The number of aliphatic hydroxyl groups is 1. The summed E-state index contributed by atoms with van der Waals surface area (Å²) in [5, 5.41) is 11.0. The highest BCUT2D eigenvalue weighted by atomic mass is 16.3. The zero-order valence-corrected chi connectivity index (χ0v) is 12.5. The molecule has 0 fully saturated rings. The Morgan fingerprint density at radius 2 is 1.96 bits per heavy atom. The lowest BCUT2D eigenvalue weighted by atomic mass is 9.88. The Morgan fingerprint density at radius 1 is 1.26 bits per heavy atom. The van der Waals surface area contributed by atoms with E-state index in [1.165, 1.54) is 17.3 Å². The van der Waals surface area contributed by atoms with Crippen LogP contribution < -0.4 is 4.90 Å². The molecule has 1 aromatic carbocycles. The highest BCUT2D eigenvalue weighted by Gasteiger charge is 2.50. The third-order valence-corrected chi connectivity index (χ3v) is 3.97. The zero-order chi connectivity index (χ0) is 16.4. The first-order valence-corrected chi connectivity index (χ1v) is 7.26. The van der Waals surface area contributed by atoms with Crippen LogP contribution in [0.4, 0.5) is 5.69 Å². The van der Waals surface area contributed by atoms with Crippen molar-refractivity contribution in [2.45, 2.75) is 12.0 Å². The van der Waals surface area contributed by atoms with Crippen molar-refractivity contribution in [3.8, 4) is 0 Å². The van der Waals surface area contributed by atoms with Crippen LogP contribution in [0, 0.1) is 0 Å². The number of carbonyl (C=O) groups is 2. The van der Waals surface area contributed by atoms with Crippen LogP contribution in [0.5, 0.6) is 0 Å². The number of aromatic nitrogens is 1. The molecule has 1 N–H and O–H groups in total. The molecule has 1 aliphatic heterocycles. The highest BCUT2D eigenvalue weighted by molar-refractivity contribution is 6.10. The molecule has 0 spiro atoms. The van der Waals surface area contributed by atoms with E-state index >= 15 is 0 Å². The van der Waals surface area contributed by atoms with E-state index in [4.69, 9.17) is 0 Å². The van der Waals surface area contributed by atoms with Gasteiger partial charge in [0, 0.05) is 30.1 Å². The summed E-state index contributed by atoms with van der Waals surface area (Å²) in [6.45, 7) is 3.92. The lowest BCUT2D eigenvalue weighted by molar-refractivity contribution is -0.135. The Labute approximate surface area is 133 Å². The highest BCUT2D eigenvalue weighted by Crippen LogP contribution is 2.42. The van der Waals surface area contributed by atoms with Gasteiger partial charge in [-0.25, -0.2) is 0 Å². The van der Waals surface area contributed by atoms with Crippen LogP contribution in [-0.4, -0.2) is 28.3 Å². The third kappa shape index (κ3) is 2.45. The van der Waals surface area contributed by atoms with Gasteiger partial charge < -0.3 is 10.0 Å². The summed E-state index contributed by atoms with van der Waals surface area (Å²) >= 11 is 0. The molecule has 0 radical (unpaired) electrons. The second-order valence-electron chi connectivity index (χ2n) is 5.42. The van der Waals surface area contributed by atoms with Gasteiger partial charge in [0.2, 0.25) is 0 Å². The minimum absolute atomic E-state index is 0.279. The molecule has 1 amide bonds. The summed E-state index contributed by atoms with van der Waals surface area (Å²) in [6.07, 6.45) is 4.29. The Balaban J connectivity index is 1.99. The van der Waals surface area contributed by atoms with Gasteiger partial charge in [-0.05, 0) is 18.2 Å². The Bertz CT molecular complexity index is 773. The average Bonchev–Trinajstić information content (AvgIpc) is 2.78. The first-order valence-electron chi connectivity index (χ1n) is 7.26. The average molecular weight is 308 g/mol. The molecule has 1 aromatic heterocycles. The lowest BCUT2D eigenvalue weighted by Gasteiger charge is -2.22. The fourth-order valence-electron chi connectivity index (χ4n) is 2.86. The van der Waals surface area contributed by atoms with Crippen LogP contribution in [0.1, 0.15) is 22.3 Å². The van der Waals surface area contributed by atoms with E-state index in [1.807, 2.05) is 0 Å². The van der Waals surface area contributed by atoms with Crippen molar-refractivity contribution in [1.29, 1.82) is 0 Å². The SMILES string of the molecule is C=CCN1C(=O)[C@@](O)(CC(=O)c2ccncc2)c2ccccc21. The Morgan fingerprint density at radius 3 is 2.65 bits per heavy atom. The minimum Gasteiger partial charge on any atom is -0.375 e.